The molecule has 0 atom stereocenters. The Labute approximate surface area is 85.3 Å². The smallest absolute Gasteiger partial charge is 0.0763 e. The van der Waals surface area contributed by atoms with Crippen molar-refractivity contribution in [2.75, 3.05) is 18.5 Å². The van der Waals surface area contributed by atoms with E-state index in [1.807, 2.05) is 31.2 Å². The number of para-hydroxylation sites is 1. The van der Waals surface area contributed by atoms with E-state index in [0.717, 1.165) is 17.9 Å². The lowest BCUT2D eigenvalue weighted by Gasteiger charge is -2.09. The van der Waals surface area contributed by atoms with Crippen LogP contribution in [0.25, 0.3) is 0 Å². The van der Waals surface area contributed by atoms with Gasteiger partial charge in [-0.3, -0.25) is 0 Å². The van der Waals surface area contributed by atoms with Gasteiger partial charge in [-0.05, 0) is 13.0 Å². The number of nitrogens with one attached hydrogen (secondary N) is 1. The van der Waals surface area contributed by atoms with Gasteiger partial charge in [0.15, 0.2) is 0 Å². The van der Waals surface area contributed by atoms with Gasteiger partial charge in [0.2, 0.25) is 0 Å². The van der Waals surface area contributed by atoms with Crippen molar-refractivity contribution in [1.82, 2.24) is 0 Å². The zero-order chi connectivity index (χ0) is 10.2. The highest BCUT2D eigenvalue weighted by atomic mass is 16.5. The van der Waals surface area contributed by atoms with Crippen LogP contribution < -0.4 is 5.32 Å². The van der Waals surface area contributed by atoms with Crippen molar-refractivity contribution in [2.45, 2.75) is 13.5 Å². The second-order valence-corrected chi connectivity index (χ2v) is 2.85. The largest absolute Gasteiger partial charge is 0.377 e. The van der Waals surface area contributed by atoms with Gasteiger partial charge in [0, 0.05) is 17.9 Å². The molecule has 0 aliphatic carbocycles. The van der Waals surface area contributed by atoms with Crippen LogP contribution in [0.1, 0.15) is 12.5 Å². The molecule has 1 aromatic rings. The van der Waals surface area contributed by atoms with E-state index in [2.05, 4.69) is 11.2 Å². The number of terminal acetylenes is 1. The first kappa shape index (κ1) is 10.6. The van der Waals surface area contributed by atoms with Gasteiger partial charge < -0.3 is 10.1 Å². The Morgan fingerprint density at radius 3 is 2.93 bits per heavy atom. The van der Waals surface area contributed by atoms with E-state index < -0.39 is 0 Å². The van der Waals surface area contributed by atoms with Crippen LogP contribution in [-0.2, 0) is 11.3 Å². The fourth-order valence-electron chi connectivity index (χ4n) is 1.18. The van der Waals surface area contributed by atoms with Gasteiger partial charge in [-0.2, -0.15) is 0 Å². The summed E-state index contributed by atoms with van der Waals surface area (Å²) in [5.41, 5.74) is 2.20. The van der Waals surface area contributed by atoms with Crippen molar-refractivity contribution in [3.05, 3.63) is 29.8 Å². The van der Waals surface area contributed by atoms with Crippen LogP contribution in [0.2, 0.25) is 0 Å². The Balaban J connectivity index is 2.65. The molecule has 0 saturated heterocycles. The molecule has 0 aliphatic rings. The molecule has 0 bridgehead atoms. The Morgan fingerprint density at radius 2 is 2.21 bits per heavy atom. The molecule has 1 rings (SSSR count). The molecule has 1 aromatic carbocycles. The van der Waals surface area contributed by atoms with E-state index in [0.29, 0.717) is 13.2 Å². The zero-order valence-electron chi connectivity index (χ0n) is 8.42. The average Bonchev–Trinajstić information content (AvgIpc) is 2.24. The van der Waals surface area contributed by atoms with E-state index in [9.17, 15) is 0 Å². The van der Waals surface area contributed by atoms with Crippen LogP contribution in [0.3, 0.4) is 0 Å². The number of ether oxygens (including phenoxy) is 1. The minimum Gasteiger partial charge on any atom is -0.377 e. The molecule has 0 amide bonds. The van der Waals surface area contributed by atoms with Crippen LogP contribution in [0.15, 0.2) is 24.3 Å². The number of hydrogen-bond acceptors (Lipinski definition) is 2. The summed E-state index contributed by atoms with van der Waals surface area (Å²) < 4.78 is 5.35. The first-order valence-corrected chi connectivity index (χ1v) is 4.71. The molecule has 0 unspecified atom stereocenters. The van der Waals surface area contributed by atoms with E-state index >= 15 is 0 Å². The van der Waals surface area contributed by atoms with E-state index in [-0.39, 0.29) is 0 Å². The molecule has 0 spiro atoms. The molecule has 2 heteroatoms. The van der Waals surface area contributed by atoms with Crippen LogP contribution in [0.5, 0.6) is 0 Å². The molecule has 0 heterocycles. The first-order chi connectivity index (χ1) is 6.88. The van der Waals surface area contributed by atoms with E-state index in [1.165, 1.54) is 0 Å². The maximum atomic E-state index is 5.35. The average molecular weight is 189 g/mol. The van der Waals surface area contributed by atoms with Gasteiger partial charge in [-0.25, -0.2) is 0 Å². The predicted octanol–water partition coefficient (Wildman–Crippen LogP) is 2.27. The van der Waals surface area contributed by atoms with Gasteiger partial charge in [0.25, 0.3) is 0 Å². The summed E-state index contributed by atoms with van der Waals surface area (Å²) in [4.78, 5) is 0. The van der Waals surface area contributed by atoms with Crippen LogP contribution in [-0.4, -0.2) is 13.2 Å². The minimum absolute atomic E-state index is 0.545. The van der Waals surface area contributed by atoms with Crippen molar-refractivity contribution in [2.24, 2.45) is 0 Å². The third-order valence-corrected chi connectivity index (χ3v) is 1.86. The molecule has 2 nitrogen and oxygen atoms in total. The van der Waals surface area contributed by atoms with Crippen molar-refractivity contribution in [3.8, 4) is 12.3 Å². The van der Waals surface area contributed by atoms with Crippen LogP contribution >= 0.6 is 0 Å². The second kappa shape index (κ2) is 6.06. The highest BCUT2D eigenvalue weighted by molar-refractivity contribution is 5.51. The van der Waals surface area contributed by atoms with Gasteiger partial charge in [0.05, 0.1) is 13.2 Å². The fraction of sp³-hybridized carbons (Fsp3) is 0.333. The molecule has 14 heavy (non-hydrogen) atoms. The predicted molar refractivity (Wildman–Crippen MR) is 59.1 cm³/mol. The summed E-state index contributed by atoms with van der Waals surface area (Å²) in [5, 5.41) is 3.16. The number of rotatable bonds is 5. The third kappa shape index (κ3) is 3.12. The Morgan fingerprint density at radius 1 is 1.43 bits per heavy atom. The zero-order valence-corrected chi connectivity index (χ0v) is 8.42. The lowest BCUT2D eigenvalue weighted by Crippen LogP contribution is -2.03. The number of hydrogen-bond donors (Lipinski definition) is 1. The van der Waals surface area contributed by atoms with Gasteiger partial charge in [-0.1, -0.05) is 24.1 Å². The Kier molecular flexibility index (Phi) is 4.60. The molecule has 74 valence electrons. The lowest BCUT2D eigenvalue weighted by molar-refractivity contribution is 0.134. The lowest BCUT2D eigenvalue weighted by atomic mass is 10.2. The first-order valence-electron chi connectivity index (χ1n) is 4.71. The number of anilines is 1. The maximum Gasteiger partial charge on any atom is 0.0763 e. The summed E-state index contributed by atoms with van der Waals surface area (Å²) >= 11 is 0. The Hall–Kier alpha value is -1.46. The fourth-order valence-corrected chi connectivity index (χ4v) is 1.18. The van der Waals surface area contributed by atoms with E-state index in [1.54, 1.807) is 0 Å². The molecule has 0 aromatic heterocycles. The van der Waals surface area contributed by atoms with Gasteiger partial charge in [-0.15, -0.1) is 6.42 Å². The SMILES string of the molecule is C#CCNc1ccccc1COCC. The van der Waals surface area contributed by atoms with Crippen LogP contribution in [0.4, 0.5) is 5.69 Å². The molecular formula is C12H15NO. The van der Waals surface area contributed by atoms with Crippen molar-refractivity contribution in [3.63, 3.8) is 0 Å². The standard InChI is InChI=1S/C12H15NO/c1-3-9-13-12-8-6-5-7-11(12)10-14-4-2/h1,5-8,13H,4,9-10H2,2H3. The van der Waals surface area contributed by atoms with Gasteiger partial charge >= 0.3 is 0 Å². The molecule has 0 aliphatic heterocycles. The third-order valence-electron chi connectivity index (χ3n) is 1.86. The second-order valence-electron chi connectivity index (χ2n) is 2.85. The molecule has 0 saturated carbocycles. The van der Waals surface area contributed by atoms with Crippen molar-refractivity contribution >= 4 is 5.69 Å². The topological polar surface area (TPSA) is 21.3 Å². The maximum absolute atomic E-state index is 5.35. The summed E-state index contributed by atoms with van der Waals surface area (Å²) in [7, 11) is 0. The molecular weight excluding hydrogens is 174 g/mol. The summed E-state index contributed by atoms with van der Waals surface area (Å²) in [6.45, 7) is 3.88. The van der Waals surface area contributed by atoms with E-state index in [4.69, 9.17) is 11.2 Å². The molecule has 0 radical (unpaired) electrons. The highest BCUT2D eigenvalue weighted by Gasteiger charge is 1.99. The molecule has 0 fully saturated rings. The minimum atomic E-state index is 0.545. The monoisotopic (exact) mass is 189 g/mol. The highest BCUT2D eigenvalue weighted by Crippen LogP contribution is 2.15. The van der Waals surface area contributed by atoms with Crippen molar-refractivity contribution < 1.29 is 4.74 Å². The molecule has 1 N–H and O–H groups in total. The van der Waals surface area contributed by atoms with Gasteiger partial charge in [0.1, 0.15) is 0 Å². The quantitative estimate of drug-likeness (QED) is 0.717. The summed E-state index contributed by atoms with van der Waals surface area (Å²) in [6.07, 6.45) is 5.18. The summed E-state index contributed by atoms with van der Waals surface area (Å²) in [5.74, 6) is 2.55. The Bertz CT molecular complexity index is 314. The number of benzene rings is 1. The summed E-state index contributed by atoms with van der Waals surface area (Å²) in [6, 6.07) is 8.02. The van der Waals surface area contributed by atoms with Crippen molar-refractivity contribution in [1.29, 1.82) is 0 Å². The normalized spacial score (nSPS) is 9.43. The van der Waals surface area contributed by atoms with Crippen LogP contribution in [0, 0.1) is 12.3 Å².